The molecule has 19 heavy (non-hydrogen) atoms. The Morgan fingerprint density at radius 2 is 2.11 bits per heavy atom. The van der Waals surface area contributed by atoms with Gasteiger partial charge in [-0.15, -0.1) is 11.3 Å². The van der Waals surface area contributed by atoms with Gasteiger partial charge in [-0.2, -0.15) is 0 Å². The Labute approximate surface area is 122 Å². The normalized spacial score (nSPS) is 10.3. The van der Waals surface area contributed by atoms with Crippen LogP contribution in [-0.2, 0) is 9.53 Å². The maximum atomic E-state index is 11.8. The Bertz CT molecular complexity index is 445. The van der Waals surface area contributed by atoms with E-state index in [2.05, 4.69) is 10.1 Å². The number of thiophene rings is 1. The van der Waals surface area contributed by atoms with Gasteiger partial charge in [0, 0.05) is 13.0 Å². The fourth-order valence-electron chi connectivity index (χ4n) is 1.54. The van der Waals surface area contributed by atoms with E-state index in [1.165, 1.54) is 18.4 Å². The van der Waals surface area contributed by atoms with Crippen molar-refractivity contribution < 1.29 is 14.3 Å². The van der Waals surface area contributed by atoms with Gasteiger partial charge in [-0.25, -0.2) is 0 Å². The average Bonchev–Trinajstić information content (AvgIpc) is 2.73. The van der Waals surface area contributed by atoms with Crippen molar-refractivity contribution >= 4 is 34.8 Å². The van der Waals surface area contributed by atoms with Crippen LogP contribution in [0.4, 0.5) is 0 Å². The predicted molar refractivity (Wildman–Crippen MR) is 76.9 cm³/mol. The van der Waals surface area contributed by atoms with Gasteiger partial charge in [-0.1, -0.05) is 18.0 Å². The summed E-state index contributed by atoms with van der Waals surface area (Å²) in [6, 6.07) is 0. The van der Waals surface area contributed by atoms with Crippen molar-refractivity contribution in [2.75, 3.05) is 13.7 Å². The van der Waals surface area contributed by atoms with Gasteiger partial charge in [0.15, 0.2) is 0 Å². The zero-order valence-corrected chi connectivity index (χ0v) is 12.7. The van der Waals surface area contributed by atoms with Crippen LogP contribution < -0.4 is 5.32 Å². The van der Waals surface area contributed by atoms with E-state index in [0.29, 0.717) is 22.9 Å². The highest BCUT2D eigenvalue weighted by Gasteiger charge is 2.13. The lowest BCUT2D eigenvalue weighted by molar-refractivity contribution is -0.140. The molecule has 0 aliphatic rings. The van der Waals surface area contributed by atoms with Gasteiger partial charge < -0.3 is 10.1 Å². The third-order valence-electron chi connectivity index (χ3n) is 2.68. The first kappa shape index (κ1) is 16.0. The van der Waals surface area contributed by atoms with Crippen LogP contribution in [0.25, 0.3) is 0 Å². The minimum Gasteiger partial charge on any atom is -0.469 e. The van der Waals surface area contributed by atoms with Gasteiger partial charge in [-0.05, 0) is 30.7 Å². The molecule has 1 heterocycles. The van der Waals surface area contributed by atoms with Crippen molar-refractivity contribution in [1.29, 1.82) is 0 Å². The van der Waals surface area contributed by atoms with E-state index in [0.717, 1.165) is 24.8 Å². The first-order valence-electron chi connectivity index (χ1n) is 6.15. The Hall–Kier alpha value is -1.07. The summed E-state index contributed by atoms with van der Waals surface area (Å²) < 4.78 is 4.55. The summed E-state index contributed by atoms with van der Waals surface area (Å²) in [4.78, 5) is 23.2. The van der Waals surface area contributed by atoms with Crippen LogP contribution in [0.2, 0.25) is 5.02 Å². The summed E-state index contributed by atoms with van der Waals surface area (Å²) in [5.41, 5.74) is 0.926. The van der Waals surface area contributed by atoms with Crippen molar-refractivity contribution in [3.63, 3.8) is 0 Å². The molecule has 4 nitrogen and oxygen atoms in total. The van der Waals surface area contributed by atoms with Crippen molar-refractivity contribution in [3.8, 4) is 0 Å². The van der Waals surface area contributed by atoms with E-state index in [-0.39, 0.29) is 11.9 Å². The molecule has 0 saturated carbocycles. The van der Waals surface area contributed by atoms with Crippen molar-refractivity contribution in [2.45, 2.75) is 32.6 Å². The number of halogens is 1. The summed E-state index contributed by atoms with van der Waals surface area (Å²) in [7, 11) is 1.38. The van der Waals surface area contributed by atoms with Crippen LogP contribution in [-0.4, -0.2) is 25.5 Å². The number of carbonyl (C=O) groups is 2. The lowest BCUT2D eigenvalue weighted by Crippen LogP contribution is -2.23. The lowest BCUT2D eigenvalue weighted by Gasteiger charge is -2.04. The van der Waals surface area contributed by atoms with Crippen LogP contribution in [0.15, 0.2) is 5.38 Å². The van der Waals surface area contributed by atoms with Crippen LogP contribution >= 0.6 is 22.9 Å². The number of methoxy groups -OCH3 is 1. The number of nitrogens with one attached hydrogen (secondary N) is 1. The topological polar surface area (TPSA) is 55.4 Å². The van der Waals surface area contributed by atoms with Crippen LogP contribution in [0.5, 0.6) is 0 Å². The first-order valence-corrected chi connectivity index (χ1v) is 7.40. The standard InChI is InChI=1S/C13H18ClNO3S/c1-9-8-19-12(11(9)14)13(17)15-7-5-3-4-6-10(16)18-2/h8H,3-7H2,1-2H3,(H,15,17). The van der Waals surface area contributed by atoms with Crippen LogP contribution in [0.3, 0.4) is 0 Å². The molecule has 0 aliphatic heterocycles. The number of aryl methyl sites for hydroxylation is 1. The zero-order valence-electron chi connectivity index (χ0n) is 11.1. The summed E-state index contributed by atoms with van der Waals surface area (Å²) in [5.74, 6) is -0.319. The van der Waals surface area contributed by atoms with Gasteiger partial charge in [0.25, 0.3) is 5.91 Å². The minimum atomic E-state index is -0.190. The smallest absolute Gasteiger partial charge is 0.305 e. The molecule has 6 heteroatoms. The largest absolute Gasteiger partial charge is 0.469 e. The third-order valence-corrected chi connectivity index (χ3v) is 4.37. The number of esters is 1. The Kier molecular flexibility index (Phi) is 6.87. The fraction of sp³-hybridized carbons (Fsp3) is 0.538. The van der Waals surface area contributed by atoms with E-state index in [9.17, 15) is 9.59 Å². The molecule has 1 N–H and O–H groups in total. The number of amides is 1. The molecule has 0 unspecified atom stereocenters. The Morgan fingerprint density at radius 1 is 1.37 bits per heavy atom. The lowest BCUT2D eigenvalue weighted by atomic mass is 10.2. The molecule has 0 radical (unpaired) electrons. The molecule has 1 rings (SSSR count). The van der Waals surface area contributed by atoms with Crippen LogP contribution in [0, 0.1) is 6.92 Å². The highest BCUT2D eigenvalue weighted by Crippen LogP contribution is 2.26. The maximum Gasteiger partial charge on any atom is 0.305 e. The second-order valence-corrected chi connectivity index (χ2v) is 5.46. The predicted octanol–water partition coefficient (Wildman–Crippen LogP) is 3.17. The van der Waals surface area contributed by atoms with E-state index >= 15 is 0 Å². The van der Waals surface area contributed by atoms with Crippen LogP contribution in [0.1, 0.15) is 40.9 Å². The molecular formula is C13H18ClNO3S. The first-order chi connectivity index (χ1) is 9.06. The molecular weight excluding hydrogens is 286 g/mol. The molecule has 0 aliphatic carbocycles. The van der Waals surface area contributed by atoms with E-state index in [4.69, 9.17) is 11.6 Å². The number of rotatable bonds is 7. The summed E-state index contributed by atoms with van der Waals surface area (Å²) >= 11 is 7.37. The molecule has 1 aromatic heterocycles. The number of ether oxygens (including phenoxy) is 1. The van der Waals surface area contributed by atoms with Crippen molar-refractivity contribution in [1.82, 2.24) is 5.32 Å². The van der Waals surface area contributed by atoms with E-state index in [1.54, 1.807) is 0 Å². The molecule has 0 atom stereocenters. The summed E-state index contributed by atoms with van der Waals surface area (Å²) in [5, 5.41) is 5.23. The van der Waals surface area contributed by atoms with Crippen molar-refractivity contribution in [3.05, 3.63) is 20.8 Å². The SMILES string of the molecule is COC(=O)CCCCCNC(=O)c1scc(C)c1Cl. The monoisotopic (exact) mass is 303 g/mol. The van der Waals surface area contributed by atoms with Crippen molar-refractivity contribution in [2.24, 2.45) is 0 Å². The molecule has 1 aromatic rings. The Balaban J connectivity index is 2.18. The van der Waals surface area contributed by atoms with Gasteiger partial charge >= 0.3 is 5.97 Å². The molecule has 0 aromatic carbocycles. The second kappa shape index (κ2) is 8.17. The average molecular weight is 304 g/mol. The fourth-order valence-corrected chi connectivity index (χ4v) is 2.73. The summed E-state index contributed by atoms with van der Waals surface area (Å²) in [6.45, 7) is 2.47. The molecule has 0 fully saturated rings. The Morgan fingerprint density at radius 3 is 2.68 bits per heavy atom. The molecule has 106 valence electrons. The number of carbonyl (C=O) groups excluding carboxylic acids is 2. The van der Waals surface area contributed by atoms with Gasteiger partial charge in [0.2, 0.25) is 0 Å². The minimum absolute atomic E-state index is 0.129. The second-order valence-electron chi connectivity index (χ2n) is 4.20. The van der Waals surface area contributed by atoms with Gasteiger partial charge in [0.1, 0.15) is 4.88 Å². The molecule has 0 bridgehead atoms. The molecule has 0 saturated heterocycles. The molecule has 1 amide bonds. The highest BCUT2D eigenvalue weighted by molar-refractivity contribution is 7.13. The van der Waals surface area contributed by atoms with Gasteiger partial charge in [-0.3, -0.25) is 9.59 Å². The van der Waals surface area contributed by atoms with E-state index in [1.807, 2.05) is 12.3 Å². The van der Waals surface area contributed by atoms with E-state index < -0.39 is 0 Å². The summed E-state index contributed by atoms with van der Waals surface area (Å²) in [6.07, 6.45) is 2.93. The molecule has 0 spiro atoms. The third kappa shape index (κ3) is 5.20. The number of hydrogen-bond donors (Lipinski definition) is 1. The quantitative estimate of drug-likeness (QED) is 0.622. The number of hydrogen-bond acceptors (Lipinski definition) is 4. The van der Waals surface area contributed by atoms with Gasteiger partial charge in [0.05, 0.1) is 12.1 Å². The maximum absolute atomic E-state index is 11.8. The number of unbranched alkanes of at least 4 members (excludes halogenated alkanes) is 2. The zero-order chi connectivity index (χ0) is 14.3. The highest BCUT2D eigenvalue weighted by atomic mass is 35.5.